The second kappa shape index (κ2) is 6.84. The van der Waals surface area contributed by atoms with Crippen LogP contribution in [0, 0.1) is 0 Å². The van der Waals surface area contributed by atoms with Gasteiger partial charge in [0.1, 0.15) is 5.82 Å². The number of nitrogens with zero attached hydrogens (tertiary/aromatic N) is 4. The van der Waals surface area contributed by atoms with Gasteiger partial charge in [-0.2, -0.15) is 5.10 Å². The lowest BCUT2D eigenvalue weighted by molar-refractivity contribution is -0.116. The molecule has 0 radical (unpaired) electrons. The van der Waals surface area contributed by atoms with Crippen LogP contribution in [0.4, 0.5) is 5.69 Å². The molecule has 26 heavy (non-hydrogen) atoms. The third kappa shape index (κ3) is 3.21. The Morgan fingerprint density at radius 3 is 2.62 bits per heavy atom. The first-order valence-corrected chi connectivity index (χ1v) is 8.51. The van der Waals surface area contributed by atoms with E-state index in [9.17, 15) is 4.79 Å². The Morgan fingerprint density at radius 2 is 1.85 bits per heavy atom. The molecule has 6 heteroatoms. The monoisotopic (exact) mass is 345 g/mol. The second-order valence-electron chi connectivity index (χ2n) is 6.14. The number of aromatic nitrogens is 4. The highest BCUT2D eigenvalue weighted by Gasteiger charge is 2.13. The van der Waals surface area contributed by atoms with Crippen LogP contribution in [0.5, 0.6) is 0 Å². The maximum atomic E-state index is 12.3. The molecule has 0 saturated heterocycles. The van der Waals surface area contributed by atoms with Crippen LogP contribution in [-0.4, -0.2) is 25.2 Å². The lowest BCUT2D eigenvalue weighted by Crippen LogP contribution is -2.13. The number of rotatable bonds is 5. The molecule has 0 unspecified atom stereocenters. The number of amides is 1. The number of carbonyl (C=O) groups is 1. The van der Waals surface area contributed by atoms with Crippen molar-refractivity contribution in [3.63, 3.8) is 0 Å². The number of imidazole rings is 1. The molecule has 0 aliphatic carbocycles. The van der Waals surface area contributed by atoms with Crippen molar-refractivity contribution in [2.24, 2.45) is 7.05 Å². The molecule has 4 rings (SSSR count). The lowest BCUT2D eigenvalue weighted by Gasteiger charge is -2.09. The van der Waals surface area contributed by atoms with Crippen LogP contribution in [0.3, 0.4) is 0 Å². The number of fused-ring (bicyclic) bond motifs is 1. The molecule has 0 aliphatic heterocycles. The zero-order valence-electron chi connectivity index (χ0n) is 14.5. The zero-order chi connectivity index (χ0) is 17.9. The number of hydrogen-bond acceptors (Lipinski definition) is 3. The predicted octanol–water partition coefficient (Wildman–Crippen LogP) is 3.33. The van der Waals surface area contributed by atoms with Gasteiger partial charge in [0, 0.05) is 31.8 Å². The van der Waals surface area contributed by atoms with E-state index in [4.69, 9.17) is 4.98 Å². The van der Waals surface area contributed by atoms with E-state index in [-0.39, 0.29) is 5.91 Å². The third-order valence-corrected chi connectivity index (χ3v) is 4.21. The van der Waals surface area contributed by atoms with E-state index >= 15 is 0 Å². The first-order chi connectivity index (χ1) is 12.7. The molecule has 0 fully saturated rings. The van der Waals surface area contributed by atoms with E-state index in [0.29, 0.717) is 18.5 Å². The summed E-state index contributed by atoms with van der Waals surface area (Å²) in [5.41, 5.74) is 3.72. The van der Waals surface area contributed by atoms with Crippen molar-refractivity contribution in [3.8, 4) is 5.69 Å². The van der Waals surface area contributed by atoms with Gasteiger partial charge >= 0.3 is 0 Å². The number of nitrogens with one attached hydrogen (secondary N) is 1. The average molecular weight is 345 g/mol. The quantitative estimate of drug-likeness (QED) is 0.603. The summed E-state index contributed by atoms with van der Waals surface area (Å²) in [6.07, 6.45) is 4.31. The van der Waals surface area contributed by atoms with E-state index < -0.39 is 0 Å². The van der Waals surface area contributed by atoms with E-state index in [1.165, 1.54) is 0 Å². The first kappa shape index (κ1) is 16.1. The van der Waals surface area contributed by atoms with Gasteiger partial charge in [0.25, 0.3) is 0 Å². The summed E-state index contributed by atoms with van der Waals surface area (Å²) in [4.78, 5) is 17.0. The van der Waals surface area contributed by atoms with Gasteiger partial charge < -0.3 is 5.32 Å². The molecule has 0 bridgehead atoms. The zero-order valence-corrected chi connectivity index (χ0v) is 14.5. The maximum absolute atomic E-state index is 12.3. The van der Waals surface area contributed by atoms with Gasteiger partial charge in [-0.25, -0.2) is 4.98 Å². The summed E-state index contributed by atoms with van der Waals surface area (Å²) in [6, 6.07) is 18.1. The number of benzene rings is 2. The van der Waals surface area contributed by atoms with Crippen LogP contribution >= 0.6 is 0 Å². The minimum atomic E-state index is -0.0512. The molecule has 0 atom stereocenters. The van der Waals surface area contributed by atoms with Gasteiger partial charge in [-0.3, -0.25) is 14.0 Å². The van der Waals surface area contributed by atoms with Gasteiger partial charge in [0.15, 0.2) is 0 Å². The van der Waals surface area contributed by atoms with Crippen molar-refractivity contribution in [2.75, 3.05) is 5.32 Å². The van der Waals surface area contributed by atoms with Crippen LogP contribution in [0.2, 0.25) is 0 Å². The normalized spacial score (nSPS) is 11.0. The molecule has 1 N–H and O–H groups in total. The van der Waals surface area contributed by atoms with Crippen molar-refractivity contribution in [2.45, 2.75) is 12.8 Å². The Labute approximate surface area is 151 Å². The Kier molecular flexibility index (Phi) is 4.23. The van der Waals surface area contributed by atoms with E-state index in [0.717, 1.165) is 22.5 Å². The van der Waals surface area contributed by atoms with Gasteiger partial charge in [-0.15, -0.1) is 0 Å². The molecule has 2 aromatic carbocycles. The standard InChI is InChI=1S/C20H19N5O/c1-24-14-15(13-21-24)22-20(26)12-11-19-23-17-9-5-6-10-18(17)25(19)16-7-3-2-4-8-16/h2-10,13-14H,11-12H2,1H3,(H,22,26). The van der Waals surface area contributed by atoms with Crippen LogP contribution in [0.25, 0.3) is 16.7 Å². The van der Waals surface area contributed by atoms with E-state index in [1.54, 1.807) is 17.1 Å². The van der Waals surface area contributed by atoms with Crippen molar-refractivity contribution >= 4 is 22.6 Å². The van der Waals surface area contributed by atoms with Crippen LogP contribution in [-0.2, 0) is 18.3 Å². The second-order valence-corrected chi connectivity index (χ2v) is 6.14. The van der Waals surface area contributed by atoms with Crippen molar-refractivity contribution in [1.29, 1.82) is 0 Å². The predicted molar refractivity (Wildman–Crippen MR) is 101 cm³/mol. The van der Waals surface area contributed by atoms with Crippen molar-refractivity contribution in [1.82, 2.24) is 19.3 Å². The van der Waals surface area contributed by atoms with Crippen molar-refractivity contribution < 1.29 is 4.79 Å². The highest BCUT2D eigenvalue weighted by molar-refractivity contribution is 5.90. The largest absolute Gasteiger partial charge is 0.323 e. The fourth-order valence-electron chi connectivity index (χ4n) is 3.04. The topological polar surface area (TPSA) is 64.7 Å². The molecule has 6 nitrogen and oxygen atoms in total. The lowest BCUT2D eigenvalue weighted by atomic mass is 10.2. The number of anilines is 1. The number of para-hydroxylation sites is 3. The number of hydrogen-bond donors (Lipinski definition) is 1. The Balaban J connectivity index is 1.59. The minimum Gasteiger partial charge on any atom is -0.323 e. The van der Waals surface area contributed by atoms with Crippen molar-refractivity contribution in [3.05, 3.63) is 72.8 Å². The Bertz CT molecular complexity index is 1050. The molecular weight excluding hydrogens is 326 g/mol. The summed E-state index contributed by atoms with van der Waals surface area (Å²) in [5.74, 6) is 0.823. The molecule has 0 saturated carbocycles. The highest BCUT2D eigenvalue weighted by atomic mass is 16.1. The molecule has 2 aromatic heterocycles. The average Bonchev–Trinajstić information content (AvgIpc) is 3.23. The minimum absolute atomic E-state index is 0.0512. The van der Waals surface area contributed by atoms with E-state index in [2.05, 4.69) is 21.0 Å². The summed E-state index contributed by atoms with van der Waals surface area (Å²) < 4.78 is 3.77. The van der Waals surface area contributed by atoms with E-state index in [1.807, 2.05) is 55.6 Å². The molecular formula is C20H19N5O. The van der Waals surface area contributed by atoms with Gasteiger partial charge in [0.2, 0.25) is 5.91 Å². The van der Waals surface area contributed by atoms with Crippen LogP contribution < -0.4 is 5.32 Å². The molecule has 130 valence electrons. The first-order valence-electron chi connectivity index (χ1n) is 8.51. The molecule has 4 aromatic rings. The summed E-state index contributed by atoms with van der Waals surface area (Å²) in [5, 5.41) is 6.92. The Hall–Kier alpha value is -3.41. The van der Waals surface area contributed by atoms with Crippen LogP contribution in [0.1, 0.15) is 12.2 Å². The number of carbonyl (C=O) groups excluding carboxylic acids is 1. The smallest absolute Gasteiger partial charge is 0.224 e. The maximum Gasteiger partial charge on any atom is 0.224 e. The van der Waals surface area contributed by atoms with Gasteiger partial charge in [0.05, 0.1) is 22.9 Å². The number of aryl methyl sites for hydroxylation is 2. The summed E-state index contributed by atoms with van der Waals surface area (Å²) in [6.45, 7) is 0. The third-order valence-electron chi connectivity index (χ3n) is 4.21. The Morgan fingerprint density at radius 1 is 1.08 bits per heavy atom. The van der Waals surface area contributed by atoms with Gasteiger partial charge in [-0.05, 0) is 24.3 Å². The molecule has 0 aliphatic rings. The summed E-state index contributed by atoms with van der Waals surface area (Å²) >= 11 is 0. The molecule has 2 heterocycles. The fraction of sp³-hybridized carbons (Fsp3) is 0.150. The SMILES string of the molecule is Cn1cc(NC(=O)CCc2nc3ccccc3n2-c2ccccc2)cn1. The molecule has 1 amide bonds. The highest BCUT2D eigenvalue weighted by Crippen LogP contribution is 2.22. The van der Waals surface area contributed by atoms with Crippen LogP contribution in [0.15, 0.2) is 67.0 Å². The van der Waals surface area contributed by atoms with Gasteiger partial charge in [-0.1, -0.05) is 30.3 Å². The molecule has 0 spiro atoms. The summed E-state index contributed by atoms with van der Waals surface area (Å²) in [7, 11) is 1.82. The fourth-order valence-corrected chi connectivity index (χ4v) is 3.04.